The van der Waals surface area contributed by atoms with Crippen molar-refractivity contribution in [1.29, 1.82) is 0 Å². The summed E-state index contributed by atoms with van der Waals surface area (Å²) in [5, 5.41) is 11.7. The normalized spacial score (nSPS) is 14.6. The van der Waals surface area contributed by atoms with E-state index < -0.39 is 16.4 Å². The minimum atomic E-state index is -0.575. The van der Waals surface area contributed by atoms with Gasteiger partial charge in [-0.2, -0.15) is 0 Å². The second kappa shape index (κ2) is 9.39. The topological polar surface area (TPSA) is 109 Å². The zero-order valence-corrected chi connectivity index (χ0v) is 20.8. The van der Waals surface area contributed by atoms with Crippen LogP contribution in [-0.2, 0) is 11.8 Å². The highest BCUT2D eigenvalue weighted by molar-refractivity contribution is 8.27. The van der Waals surface area contributed by atoms with Gasteiger partial charge in [0, 0.05) is 7.05 Å². The first-order valence-corrected chi connectivity index (χ1v) is 11.4. The second-order valence-electron chi connectivity index (χ2n) is 7.45. The Morgan fingerprint density at radius 1 is 1.09 bits per heavy atom. The Kier molecular flexibility index (Phi) is 6.50. The number of rotatable bonds is 6. The van der Waals surface area contributed by atoms with E-state index >= 15 is 0 Å². The van der Waals surface area contributed by atoms with Gasteiger partial charge in [-0.25, -0.2) is 4.68 Å². The van der Waals surface area contributed by atoms with Crippen molar-refractivity contribution in [3.05, 3.63) is 79.1 Å². The highest BCUT2D eigenvalue weighted by Crippen LogP contribution is 2.40. The van der Waals surface area contributed by atoms with Crippen LogP contribution >= 0.6 is 24.0 Å². The number of ether oxygens (including phenoxy) is 2. The van der Waals surface area contributed by atoms with Crippen LogP contribution in [0.15, 0.2) is 52.2 Å². The van der Waals surface area contributed by atoms with E-state index in [1.165, 1.54) is 42.0 Å². The van der Waals surface area contributed by atoms with Crippen molar-refractivity contribution in [3.63, 3.8) is 0 Å². The van der Waals surface area contributed by atoms with Gasteiger partial charge in [-0.3, -0.25) is 29.3 Å². The number of thioether (sulfide) groups is 1. The molecule has 0 aliphatic carbocycles. The third kappa shape index (κ3) is 4.10. The zero-order valence-electron chi connectivity index (χ0n) is 19.2. The first kappa shape index (κ1) is 24.2. The molecule has 0 bridgehead atoms. The van der Waals surface area contributed by atoms with Crippen LogP contribution in [0, 0.1) is 17.0 Å². The smallest absolute Gasteiger partial charge is 0.296 e. The first-order chi connectivity index (χ1) is 16.7. The lowest BCUT2D eigenvalue weighted by Gasteiger charge is -2.12. The first-order valence-electron chi connectivity index (χ1n) is 10.2. The Hall–Kier alpha value is -3.90. The molecule has 1 saturated heterocycles. The maximum absolute atomic E-state index is 13.4. The molecule has 35 heavy (non-hydrogen) atoms. The fourth-order valence-corrected chi connectivity index (χ4v) is 5.03. The predicted octanol–water partition coefficient (Wildman–Crippen LogP) is 3.82. The molecule has 0 saturated carbocycles. The predicted molar refractivity (Wildman–Crippen MR) is 138 cm³/mol. The summed E-state index contributed by atoms with van der Waals surface area (Å²) >= 11 is 6.41. The van der Waals surface area contributed by atoms with Crippen LogP contribution < -0.4 is 19.9 Å². The van der Waals surface area contributed by atoms with Crippen molar-refractivity contribution in [2.75, 3.05) is 19.1 Å². The van der Waals surface area contributed by atoms with Gasteiger partial charge in [0.05, 0.1) is 47.1 Å². The molecule has 1 aliphatic rings. The molecular formula is C23H20N4O6S2. The molecule has 0 N–H and O–H groups in total. The van der Waals surface area contributed by atoms with Crippen molar-refractivity contribution >= 4 is 51.7 Å². The Morgan fingerprint density at radius 3 is 2.31 bits per heavy atom. The number of thiocarbonyl (C=S) groups is 1. The van der Waals surface area contributed by atoms with Crippen molar-refractivity contribution in [2.45, 2.75) is 6.92 Å². The molecule has 12 heteroatoms. The molecular weight excluding hydrogens is 492 g/mol. The van der Waals surface area contributed by atoms with Crippen molar-refractivity contribution in [2.24, 2.45) is 7.05 Å². The molecule has 1 amide bonds. The van der Waals surface area contributed by atoms with Gasteiger partial charge in [0.15, 0.2) is 15.8 Å². The summed E-state index contributed by atoms with van der Waals surface area (Å²) in [5.74, 6) is -0.0927. The molecule has 4 rings (SSSR count). The van der Waals surface area contributed by atoms with E-state index in [1.807, 2.05) is 18.2 Å². The van der Waals surface area contributed by atoms with Crippen LogP contribution in [0.5, 0.6) is 11.5 Å². The Labute approximate surface area is 209 Å². The molecule has 1 aliphatic heterocycles. The van der Waals surface area contributed by atoms with Gasteiger partial charge >= 0.3 is 0 Å². The van der Waals surface area contributed by atoms with Gasteiger partial charge in [0.1, 0.15) is 5.69 Å². The number of nitro benzene ring substituents is 1. The number of hydrogen-bond donors (Lipinski definition) is 0. The average Bonchev–Trinajstić information content (AvgIpc) is 3.23. The Bertz CT molecular complexity index is 1460. The number of carbonyl (C=O) groups is 1. The summed E-state index contributed by atoms with van der Waals surface area (Å²) in [4.78, 5) is 39.2. The molecule has 0 spiro atoms. The van der Waals surface area contributed by atoms with Crippen LogP contribution in [0.2, 0.25) is 0 Å². The zero-order chi connectivity index (χ0) is 25.4. The second-order valence-corrected chi connectivity index (χ2v) is 9.13. The van der Waals surface area contributed by atoms with E-state index in [-0.39, 0.29) is 37.7 Å². The summed E-state index contributed by atoms with van der Waals surface area (Å²) in [6.45, 7) is 1.72. The lowest BCUT2D eigenvalue weighted by molar-refractivity contribution is -0.385. The molecule has 10 nitrogen and oxygen atoms in total. The number of nitrogens with zero attached hydrogens (tertiary/aromatic N) is 4. The van der Waals surface area contributed by atoms with Crippen molar-refractivity contribution in [3.8, 4) is 17.2 Å². The summed E-state index contributed by atoms with van der Waals surface area (Å²) < 4.78 is 13.6. The molecule has 2 heterocycles. The van der Waals surface area contributed by atoms with E-state index in [0.717, 1.165) is 11.8 Å². The summed E-state index contributed by atoms with van der Waals surface area (Å²) in [7, 11) is 4.49. The molecule has 0 unspecified atom stereocenters. The SMILES string of the molecule is COc1cc(C=C2SC(=S)N(c3c(C)n(C)n(-c4ccccc4)c3=O)C2=O)c([N+](=O)[O-])cc1OC. The van der Waals surface area contributed by atoms with Crippen LogP contribution in [0.4, 0.5) is 11.4 Å². The average molecular weight is 513 g/mol. The number of para-hydroxylation sites is 1. The van der Waals surface area contributed by atoms with Gasteiger partial charge in [-0.15, -0.1) is 0 Å². The number of aromatic nitrogens is 2. The van der Waals surface area contributed by atoms with Crippen molar-refractivity contribution < 1.29 is 19.2 Å². The van der Waals surface area contributed by atoms with Crippen LogP contribution in [0.25, 0.3) is 11.8 Å². The third-order valence-corrected chi connectivity index (χ3v) is 6.86. The number of nitro groups is 1. The van der Waals surface area contributed by atoms with Gasteiger partial charge in [-0.1, -0.05) is 42.2 Å². The lowest BCUT2D eigenvalue weighted by Crippen LogP contribution is -2.33. The lowest BCUT2D eigenvalue weighted by atomic mass is 10.1. The number of benzene rings is 2. The molecule has 180 valence electrons. The Balaban J connectivity index is 1.81. The third-order valence-electron chi connectivity index (χ3n) is 5.56. The molecule has 3 aromatic rings. The standard InChI is InChI=1S/C23H20N4O6S2/c1-13-20(22(29)26(24(13)2)15-8-6-5-7-9-15)25-21(28)19(35-23(25)34)11-14-10-17(32-3)18(33-4)12-16(14)27(30)31/h5-12H,1-4H3. The summed E-state index contributed by atoms with van der Waals surface area (Å²) in [5.41, 5.74) is 0.759. The Morgan fingerprint density at radius 2 is 1.71 bits per heavy atom. The van der Waals surface area contributed by atoms with Crippen molar-refractivity contribution in [1.82, 2.24) is 9.36 Å². The molecule has 2 aromatic carbocycles. The molecule has 0 atom stereocenters. The highest BCUT2D eigenvalue weighted by Gasteiger charge is 2.38. The van der Waals surface area contributed by atoms with Gasteiger partial charge in [0.2, 0.25) is 0 Å². The fraction of sp³-hybridized carbons (Fsp3) is 0.174. The van der Waals surface area contributed by atoms with E-state index in [1.54, 1.807) is 30.8 Å². The number of hydrogen-bond acceptors (Lipinski definition) is 8. The number of amides is 1. The highest BCUT2D eigenvalue weighted by atomic mass is 32.2. The van der Waals surface area contributed by atoms with Crippen LogP contribution in [-0.4, -0.2) is 38.7 Å². The van der Waals surface area contributed by atoms with Gasteiger partial charge in [0.25, 0.3) is 17.2 Å². The molecule has 1 fully saturated rings. The maximum Gasteiger partial charge on any atom is 0.296 e. The molecule has 1 aromatic heterocycles. The van der Waals surface area contributed by atoms with E-state index in [4.69, 9.17) is 21.7 Å². The van der Waals surface area contributed by atoms with E-state index in [0.29, 0.717) is 11.4 Å². The minimum Gasteiger partial charge on any atom is -0.493 e. The molecule has 0 radical (unpaired) electrons. The largest absolute Gasteiger partial charge is 0.493 e. The number of methoxy groups -OCH3 is 2. The summed E-state index contributed by atoms with van der Waals surface area (Å²) in [6.07, 6.45) is 1.37. The van der Waals surface area contributed by atoms with E-state index in [2.05, 4.69) is 0 Å². The number of anilines is 1. The maximum atomic E-state index is 13.4. The quantitative estimate of drug-likeness (QED) is 0.212. The van der Waals surface area contributed by atoms with Gasteiger partial charge in [-0.05, 0) is 31.2 Å². The summed E-state index contributed by atoms with van der Waals surface area (Å²) in [6, 6.07) is 11.7. The fourth-order valence-electron chi connectivity index (χ4n) is 3.77. The van der Waals surface area contributed by atoms with Gasteiger partial charge < -0.3 is 9.47 Å². The van der Waals surface area contributed by atoms with Crippen LogP contribution in [0.3, 0.4) is 0 Å². The monoisotopic (exact) mass is 512 g/mol. The van der Waals surface area contributed by atoms with Crippen LogP contribution in [0.1, 0.15) is 11.3 Å². The van der Waals surface area contributed by atoms with E-state index in [9.17, 15) is 19.7 Å². The minimum absolute atomic E-state index is 0.129. The number of carbonyl (C=O) groups excluding carboxylic acids is 1.